The van der Waals surface area contributed by atoms with Crippen LogP contribution in [0.25, 0.3) is 0 Å². The highest BCUT2D eigenvalue weighted by atomic mass is 16.5. The van der Waals surface area contributed by atoms with Gasteiger partial charge in [-0.2, -0.15) is 0 Å². The maximum atomic E-state index is 12.5. The van der Waals surface area contributed by atoms with Crippen molar-refractivity contribution >= 4 is 11.6 Å². The summed E-state index contributed by atoms with van der Waals surface area (Å²) >= 11 is 0. The molecule has 1 aliphatic heterocycles. The van der Waals surface area contributed by atoms with Crippen LogP contribution < -0.4 is 9.64 Å². The Morgan fingerprint density at radius 1 is 1.14 bits per heavy atom. The monoisotopic (exact) mass is 281 g/mol. The summed E-state index contributed by atoms with van der Waals surface area (Å²) in [5, 5.41) is 0. The van der Waals surface area contributed by atoms with E-state index in [0.29, 0.717) is 6.54 Å². The van der Waals surface area contributed by atoms with Gasteiger partial charge in [-0.1, -0.05) is 35.9 Å². The fourth-order valence-electron chi connectivity index (χ4n) is 2.66. The van der Waals surface area contributed by atoms with Gasteiger partial charge in [0.2, 0.25) is 0 Å². The second-order valence-electron chi connectivity index (χ2n) is 5.58. The molecule has 21 heavy (non-hydrogen) atoms. The third-order valence-corrected chi connectivity index (χ3v) is 3.91. The van der Waals surface area contributed by atoms with Gasteiger partial charge in [-0.3, -0.25) is 4.79 Å². The second kappa shape index (κ2) is 5.24. The van der Waals surface area contributed by atoms with E-state index in [9.17, 15) is 4.79 Å². The Morgan fingerprint density at radius 2 is 1.90 bits per heavy atom. The molecule has 0 aromatic heterocycles. The minimum Gasteiger partial charge on any atom is -0.479 e. The molecule has 0 spiro atoms. The molecular weight excluding hydrogens is 262 g/mol. The summed E-state index contributed by atoms with van der Waals surface area (Å²) in [7, 11) is 0. The first kappa shape index (κ1) is 13.7. The number of rotatable bonds is 2. The maximum Gasteiger partial charge on any atom is 0.268 e. The topological polar surface area (TPSA) is 29.5 Å². The summed E-state index contributed by atoms with van der Waals surface area (Å²) in [6.45, 7) is 6.53. The van der Waals surface area contributed by atoms with E-state index in [1.165, 1.54) is 16.7 Å². The molecule has 0 N–H and O–H groups in total. The Bertz CT molecular complexity index is 693. The zero-order chi connectivity index (χ0) is 15.0. The number of hydrogen-bond donors (Lipinski definition) is 0. The molecule has 0 radical (unpaired) electrons. The van der Waals surface area contributed by atoms with Crippen molar-refractivity contribution < 1.29 is 9.53 Å². The minimum absolute atomic E-state index is 0.00889. The predicted octanol–water partition coefficient (Wildman–Crippen LogP) is 3.62. The fourth-order valence-corrected chi connectivity index (χ4v) is 2.66. The first-order valence-corrected chi connectivity index (χ1v) is 7.19. The smallest absolute Gasteiger partial charge is 0.268 e. The number of nitrogens with zero attached hydrogens (tertiary/aromatic N) is 1. The molecule has 3 nitrogen and oxygen atoms in total. The van der Waals surface area contributed by atoms with Crippen LogP contribution in [0.15, 0.2) is 42.5 Å². The van der Waals surface area contributed by atoms with Crippen LogP contribution in [0, 0.1) is 13.8 Å². The number of aryl methyl sites for hydroxylation is 2. The lowest BCUT2D eigenvalue weighted by Gasteiger charge is -2.33. The average molecular weight is 281 g/mol. The zero-order valence-corrected chi connectivity index (χ0v) is 12.6. The van der Waals surface area contributed by atoms with Gasteiger partial charge in [-0.15, -0.1) is 0 Å². The molecule has 1 atom stereocenters. The molecule has 3 rings (SSSR count). The lowest BCUT2D eigenvalue weighted by molar-refractivity contribution is -0.125. The molecule has 1 aliphatic rings. The van der Waals surface area contributed by atoms with E-state index in [2.05, 4.69) is 32.0 Å². The third-order valence-electron chi connectivity index (χ3n) is 3.91. The largest absolute Gasteiger partial charge is 0.479 e. The van der Waals surface area contributed by atoms with E-state index in [0.717, 1.165) is 11.4 Å². The molecule has 2 aromatic carbocycles. The SMILES string of the molecule is Cc1ccc(C)c(CN2C(=O)[C@@H](C)Oc3ccccc32)c1. The molecule has 0 unspecified atom stereocenters. The summed E-state index contributed by atoms with van der Waals surface area (Å²) in [6.07, 6.45) is -0.440. The van der Waals surface area contributed by atoms with Gasteiger partial charge in [0.05, 0.1) is 12.2 Å². The Labute approximate surface area is 125 Å². The summed E-state index contributed by atoms with van der Waals surface area (Å²) < 4.78 is 5.67. The van der Waals surface area contributed by atoms with Crippen molar-refractivity contribution in [3.63, 3.8) is 0 Å². The number of fused-ring (bicyclic) bond motifs is 1. The summed E-state index contributed by atoms with van der Waals surface area (Å²) in [5.74, 6) is 0.782. The van der Waals surface area contributed by atoms with E-state index in [-0.39, 0.29) is 5.91 Å². The van der Waals surface area contributed by atoms with Gasteiger partial charge in [0, 0.05) is 0 Å². The Balaban J connectivity index is 2.01. The van der Waals surface area contributed by atoms with Crippen molar-refractivity contribution in [1.82, 2.24) is 0 Å². The van der Waals surface area contributed by atoms with Crippen LogP contribution in [0.4, 0.5) is 5.69 Å². The highest BCUT2D eigenvalue weighted by Gasteiger charge is 2.31. The molecule has 0 fully saturated rings. The standard InChI is InChI=1S/C18H19NO2/c1-12-8-9-13(2)15(10-12)11-19-16-6-4-5-7-17(16)21-14(3)18(19)20/h4-10,14H,11H2,1-3H3/t14-/m1/s1. The van der Waals surface area contributed by atoms with Crippen LogP contribution in [0.2, 0.25) is 0 Å². The van der Waals surface area contributed by atoms with Crippen LogP contribution in [0.3, 0.4) is 0 Å². The van der Waals surface area contributed by atoms with Crippen molar-refractivity contribution in [2.45, 2.75) is 33.4 Å². The third kappa shape index (κ3) is 2.51. The first-order chi connectivity index (χ1) is 10.1. The number of ether oxygens (including phenoxy) is 1. The second-order valence-corrected chi connectivity index (χ2v) is 5.58. The van der Waals surface area contributed by atoms with Gasteiger partial charge in [0.25, 0.3) is 5.91 Å². The van der Waals surface area contributed by atoms with E-state index >= 15 is 0 Å². The quantitative estimate of drug-likeness (QED) is 0.841. The number of amides is 1. The normalized spacial score (nSPS) is 17.4. The molecule has 0 saturated carbocycles. The molecule has 0 saturated heterocycles. The van der Waals surface area contributed by atoms with Crippen molar-refractivity contribution in [2.75, 3.05) is 4.90 Å². The van der Waals surface area contributed by atoms with Crippen molar-refractivity contribution in [3.05, 3.63) is 59.2 Å². The molecule has 3 heteroatoms. The van der Waals surface area contributed by atoms with E-state index in [1.807, 2.05) is 29.2 Å². The average Bonchev–Trinajstić information content (AvgIpc) is 2.47. The number of carbonyl (C=O) groups excluding carboxylic acids is 1. The van der Waals surface area contributed by atoms with Gasteiger partial charge in [0.15, 0.2) is 6.10 Å². The van der Waals surface area contributed by atoms with Crippen LogP contribution in [-0.4, -0.2) is 12.0 Å². The number of para-hydroxylation sites is 2. The highest BCUT2D eigenvalue weighted by molar-refractivity contribution is 5.99. The molecule has 0 aliphatic carbocycles. The zero-order valence-electron chi connectivity index (χ0n) is 12.6. The Morgan fingerprint density at radius 3 is 2.71 bits per heavy atom. The maximum absolute atomic E-state index is 12.5. The molecule has 108 valence electrons. The molecule has 1 amide bonds. The Hall–Kier alpha value is -2.29. The van der Waals surface area contributed by atoms with Crippen molar-refractivity contribution in [2.24, 2.45) is 0 Å². The number of benzene rings is 2. The van der Waals surface area contributed by atoms with Crippen LogP contribution in [-0.2, 0) is 11.3 Å². The Kier molecular flexibility index (Phi) is 3.42. The molecule has 1 heterocycles. The van der Waals surface area contributed by atoms with E-state index < -0.39 is 6.10 Å². The van der Waals surface area contributed by atoms with Crippen molar-refractivity contribution in [3.8, 4) is 5.75 Å². The summed E-state index contributed by atoms with van der Waals surface area (Å²) in [4.78, 5) is 14.3. The summed E-state index contributed by atoms with van der Waals surface area (Å²) in [6, 6.07) is 14.0. The van der Waals surface area contributed by atoms with Crippen LogP contribution >= 0.6 is 0 Å². The van der Waals surface area contributed by atoms with Crippen LogP contribution in [0.5, 0.6) is 5.75 Å². The highest BCUT2D eigenvalue weighted by Crippen LogP contribution is 2.34. The van der Waals surface area contributed by atoms with Gasteiger partial charge >= 0.3 is 0 Å². The lowest BCUT2D eigenvalue weighted by Crippen LogP contribution is -2.44. The first-order valence-electron chi connectivity index (χ1n) is 7.19. The molecule has 0 bridgehead atoms. The van der Waals surface area contributed by atoms with E-state index in [4.69, 9.17) is 4.74 Å². The van der Waals surface area contributed by atoms with Crippen molar-refractivity contribution in [1.29, 1.82) is 0 Å². The fraction of sp³-hybridized carbons (Fsp3) is 0.278. The van der Waals surface area contributed by atoms with Gasteiger partial charge in [-0.25, -0.2) is 0 Å². The van der Waals surface area contributed by atoms with Gasteiger partial charge < -0.3 is 9.64 Å². The predicted molar refractivity (Wildman–Crippen MR) is 83.6 cm³/mol. The molecule has 2 aromatic rings. The van der Waals surface area contributed by atoms with Gasteiger partial charge in [-0.05, 0) is 44.0 Å². The number of hydrogen-bond acceptors (Lipinski definition) is 2. The number of carbonyl (C=O) groups is 1. The van der Waals surface area contributed by atoms with E-state index in [1.54, 1.807) is 6.92 Å². The molecular formula is C18H19NO2. The number of anilines is 1. The van der Waals surface area contributed by atoms with Crippen LogP contribution in [0.1, 0.15) is 23.6 Å². The summed E-state index contributed by atoms with van der Waals surface area (Å²) in [5.41, 5.74) is 4.43. The van der Waals surface area contributed by atoms with Gasteiger partial charge in [0.1, 0.15) is 5.75 Å². The lowest BCUT2D eigenvalue weighted by atomic mass is 10.0. The minimum atomic E-state index is -0.440.